The van der Waals surface area contributed by atoms with Crippen molar-refractivity contribution >= 4 is 23.5 Å². The molecule has 1 fully saturated rings. The van der Waals surface area contributed by atoms with Gasteiger partial charge in [0.2, 0.25) is 5.91 Å². The van der Waals surface area contributed by atoms with Crippen LogP contribution in [0.25, 0.3) is 0 Å². The molecule has 5 N–H and O–H groups in total. The molecule has 0 bridgehead atoms. The Labute approximate surface area is 223 Å². The molecule has 10 nitrogen and oxygen atoms in total. The average molecular weight is 552 g/mol. The van der Waals surface area contributed by atoms with E-state index in [0.29, 0.717) is 37.9 Å². The predicted molar refractivity (Wildman–Crippen MR) is 138 cm³/mol. The van der Waals surface area contributed by atoms with Crippen LogP contribution in [0.3, 0.4) is 0 Å². The van der Waals surface area contributed by atoms with Gasteiger partial charge in [0.25, 0.3) is 5.91 Å². The molecule has 1 heterocycles. The summed E-state index contributed by atoms with van der Waals surface area (Å²) in [6, 6.07) is 6.34. The van der Waals surface area contributed by atoms with Crippen molar-refractivity contribution < 1.29 is 37.4 Å². The number of nitrogens with one attached hydrogen (secondary N) is 4. The number of anilines is 1. The van der Waals surface area contributed by atoms with Crippen molar-refractivity contribution in [3.05, 3.63) is 53.1 Å². The standard InChI is InChI=1S/C26H32F3N5O5/c1-15(2)31-25(38)33-20-6-5-17(26(27,28)29)11-19(20)24(37)30-12-23(36)32-18-8-9-34(14-18)13-16-4-7-21(35)22(10-16)39-3/h4-7,10-11,15,18,35H,8-9,12-14H2,1-3H3,(H,30,37)(H,32,36)(H2,31,33,38)/t18-/m0/s1. The van der Waals surface area contributed by atoms with Gasteiger partial charge in [-0.25, -0.2) is 4.79 Å². The molecule has 0 aromatic heterocycles. The summed E-state index contributed by atoms with van der Waals surface area (Å²) in [5.41, 5.74) is -0.690. The van der Waals surface area contributed by atoms with Gasteiger partial charge in [0.05, 0.1) is 30.5 Å². The number of halogens is 3. The fourth-order valence-corrected chi connectivity index (χ4v) is 4.15. The third-order valence-electron chi connectivity index (χ3n) is 5.96. The van der Waals surface area contributed by atoms with Crippen molar-refractivity contribution in [2.24, 2.45) is 0 Å². The van der Waals surface area contributed by atoms with Crippen molar-refractivity contribution in [3.63, 3.8) is 0 Å². The Balaban J connectivity index is 1.57. The Morgan fingerprint density at radius 1 is 1.15 bits per heavy atom. The average Bonchev–Trinajstić information content (AvgIpc) is 3.29. The Morgan fingerprint density at radius 2 is 1.90 bits per heavy atom. The van der Waals surface area contributed by atoms with Crippen LogP contribution < -0.4 is 26.0 Å². The molecule has 0 aliphatic carbocycles. The normalized spacial score (nSPS) is 15.6. The molecule has 2 aromatic rings. The molecule has 1 atom stereocenters. The van der Waals surface area contributed by atoms with Crippen LogP contribution in [0, 0.1) is 0 Å². The van der Waals surface area contributed by atoms with E-state index in [-0.39, 0.29) is 23.5 Å². The molecular formula is C26H32F3N5O5. The molecule has 1 aliphatic heterocycles. The quantitative estimate of drug-likeness (QED) is 0.326. The minimum absolute atomic E-state index is 0.0433. The van der Waals surface area contributed by atoms with Crippen LogP contribution in [-0.4, -0.2) is 66.7 Å². The smallest absolute Gasteiger partial charge is 0.416 e. The molecule has 2 aromatic carbocycles. The van der Waals surface area contributed by atoms with Gasteiger partial charge < -0.3 is 31.1 Å². The number of carbonyl (C=O) groups excluding carboxylic acids is 3. The van der Waals surface area contributed by atoms with E-state index in [4.69, 9.17) is 4.74 Å². The van der Waals surface area contributed by atoms with E-state index < -0.39 is 41.7 Å². The lowest BCUT2D eigenvalue weighted by molar-refractivity contribution is -0.137. The first kappa shape index (κ1) is 29.6. The van der Waals surface area contributed by atoms with Crippen LogP contribution in [0.15, 0.2) is 36.4 Å². The number of hydrogen-bond donors (Lipinski definition) is 5. The number of urea groups is 1. The summed E-state index contributed by atoms with van der Waals surface area (Å²) >= 11 is 0. The van der Waals surface area contributed by atoms with Crippen LogP contribution in [0.2, 0.25) is 0 Å². The van der Waals surface area contributed by atoms with E-state index in [1.165, 1.54) is 7.11 Å². The largest absolute Gasteiger partial charge is 0.504 e. The van der Waals surface area contributed by atoms with Gasteiger partial charge in [-0.3, -0.25) is 14.5 Å². The number of methoxy groups -OCH3 is 1. The third-order valence-corrected chi connectivity index (χ3v) is 5.96. The molecule has 4 amide bonds. The maximum Gasteiger partial charge on any atom is 0.416 e. The maximum atomic E-state index is 13.2. The first-order valence-corrected chi connectivity index (χ1v) is 12.3. The molecule has 0 spiro atoms. The van der Waals surface area contributed by atoms with Crippen LogP contribution in [0.4, 0.5) is 23.7 Å². The van der Waals surface area contributed by atoms with E-state index in [0.717, 1.165) is 17.7 Å². The SMILES string of the molecule is COc1cc(CN2CC[C@H](NC(=O)CNC(=O)c3cc(C(F)(F)F)ccc3NC(=O)NC(C)C)C2)ccc1O. The van der Waals surface area contributed by atoms with Gasteiger partial charge >= 0.3 is 12.2 Å². The van der Waals surface area contributed by atoms with E-state index in [1.54, 1.807) is 32.0 Å². The second kappa shape index (κ2) is 12.7. The van der Waals surface area contributed by atoms with Crippen molar-refractivity contribution in [2.45, 2.75) is 45.1 Å². The number of ether oxygens (including phenoxy) is 1. The lowest BCUT2D eigenvalue weighted by Crippen LogP contribution is -2.43. The van der Waals surface area contributed by atoms with E-state index in [9.17, 15) is 32.7 Å². The number of phenolic OH excluding ortho intramolecular Hbond substituents is 1. The highest BCUT2D eigenvalue weighted by Gasteiger charge is 2.32. The molecule has 1 saturated heterocycles. The summed E-state index contributed by atoms with van der Waals surface area (Å²) in [5.74, 6) is -1.03. The molecular weight excluding hydrogens is 519 g/mol. The second-order valence-electron chi connectivity index (χ2n) is 9.49. The number of phenols is 1. The summed E-state index contributed by atoms with van der Waals surface area (Å²) in [4.78, 5) is 39.4. The van der Waals surface area contributed by atoms with Crippen LogP contribution in [0.1, 0.15) is 41.8 Å². The highest BCUT2D eigenvalue weighted by atomic mass is 19.4. The lowest BCUT2D eigenvalue weighted by atomic mass is 10.1. The predicted octanol–water partition coefficient (Wildman–Crippen LogP) is 3.07. The zero-order chi connectivity index (χ0) is 28.7. The van der Waals surface area contributed by atoms with Gasteiger partial charge in [0.15, 0.2) is 11.5 Å². The Hall–Kier alpha value is -4.00. The fraction of sp³-hybridized carbons (Fsp3) is 0.423. The summed E-state index contributed by atoms with van der Waals surface area (Å²) in [5, 5.41) is 19.8. The Bertz CT molecular complexity index is 1200. The zero-order valence-corrected chi connectivity index (χ0v) is 21.8. The van der Waals surface area contributed by atoms with Crippen LogP contribution in [0.5, 0.6) is 11.5 Å². The number of alkyl halides is 3. The number of amides is 4. The fourth-order valence-electron chi connectivity index (χ4n) is 4.15. The van der Waals surface area contributed by atoms with Gasteiger partial charge in [-0.2, -0.15) is 13.2 Å². The van der Waals surface area contributed by atoms with Gasteiger partial charge in [-0.1, -0.05) is 6.07 Å². The summed E-state index contributed by atoms with van der Waals surface area (Å²) in [6.45, 7) is 4.78. The first-order chi connectivity index (χ1) is 18.3. The minimum atomic E-state index is -4.70. The van der Waals surface area contributed by atoms with Gasteiger partial charge in [-0.05, 0) is 56.2 Å². The van der Waals surface area contributed by atoms with Gasteiger partial charge in [0.1, 0.15) is 0 Å². The van der Waals surface area contributed by atoms with Crippen molar-refractivity contribution in [2.75, 3.05) is 32.1 Å². The number of carbonyl (C=O) groups is 3. The van der Waals surface area contributed by atoms with Crippen molar-refractivity contribution in [3.8, 4) is 11.5 Å². The number of likely N-dealkylation sites (tertiary alicyclic amines) is 1. The van der Waals surface area contributed by atoms with E-state index in [2.05, 4.69) is 26.2 Å². The Kier molecular flexibility index (Phi) is 9.62. The van der Waals surface area contributed by atoms with Crippen molar-refractivity contribution in [1.29, 1.82) is 0 Å². The summed E-state index contributed by atoms with van der Waals surface area (Å²) < 4.78 is 44.9. The van der Waals surface area contributed by atoms with Crippen molar-refractivity contribution in [1.82, 2.24) is 20.9 Å². The molecule has 0 radical (unpaired) electrons. The Morgan fingerprint density at radius 3 is 2.56 bits per heavy atom. The molecule has 0 saturated carbocycles. The topological polar surface area (TPSA) is 132 Å². The van der Waals surface area contributed by atoms with Gasteiger partial charge in [-0.15, -0.1) is 0 Å². The monoisotopic (exact) mass is 551 g/mol. The molecule has 1 aliphatic rings. The van der Waals surface area contributed by atoms with Gasteiger partial charge in [0, 0.05) is 31.7 Å². The minimum Gasteiger partial charge on any atom is -0.504 e. The second-order valence-corrected chi connectivity index (χ2v) is 9.49. The van der Waals surface area contributed by atoms with E-state index >= 15 is 0 Å². The highest BCUT2D eigenvalue weighted by Crippen LogP contribution is 2.32. The first-order valence-electron chi connectivity index (χ1n) is 12.3. The number of rotatable bonds is 9. The number of benzene rings is 2. The van der Waals surface area contributed by atoms with E-state index in [1.807, 2.05) is 0 Å². The molecule has 3 rings (SSSR count). The summed E-state index contributed by atoms with van der Waals surface area (Å²) in [6.07, 6.45) is -4.04. The molecule has 39 heavy (non-hydrogen) atoms. The molecule has 13 heteroatoms. The summed E-state index contributed by atoms with van der Waals surface area (Å²) in [7, 11) is 1.47. The maximum absolute atomic E-state index is 13.2. The lowest BCUT2D eigenvalue weighted by Gasteiger charge is -2.18. The number of hydrogen-bond acceptors (Lipinski definition) is 6. The molecule has 0 unspecified atom stereocenters. The number of nitrogens with zero attached hydrogens (tertiary/aromatic N) is 1. The van der Waals surface area contributed by atoms with Crippen LogP contribution >= 0.6 is 0 Å². The highest BCUT2D eigenvalue weighted by molar-refractivity contribution is 6.04. The molecule has 212 valence electrons. The number of aromatic hydroxyl groups is 1. The zero-order valence-electron chi connectivity index (χ0n) is 21.8. The van der Waals surface area contributed by atoms with Crippen LogP contribution in [-0.2, 0) is 17.5 Å². The third kappa shape index (κ3) is 8.50.